The van der Waals surface area contributed by atoms with Crippen molar-refractivity contribution in [3.05, 3.63) is 71.0 Å². The molecule has 0 unspecified atom stereocenters. The third-order valence-corrected chi connectivity index (χ3v) is 3.15. The highest BCUT2D eigenvalue weighted by atomic mass is 35.5. The van der Waals surface area contributed by atoms with Gasteiger partial charge in [-0.2, -0.15) is 0 Å². The maximum atomic E-state index is 12.7. The highest BCUT2D eigenvalue weighted by Gasteiger charge is 1.98. The Balaban J connectivity index is 1.72. The molecule has 0 heterocycles. The quantitative estimate of drug-likeness (QED) is 0.651. The van der Waals surface area contributed by atoms with Gasteiger partial charge in [-0.25, -0.2) is 4.39 Å². The fourth-order valence-electron chi connectivity index (χ4n) is 1.71. The summed E-state index contributed by atoms with van der Waals surface area (Å²) in [4.78, 5) is 11.6. The molecule has 0 aliphatic carbocycles. The Morgan fingerprint density at radius 2 is 1.91 bits per heavy atom. The van der Waals surface area contributed by atoms with Crippen molar-refractivity contribution in [1.29, 1.82) is 0 Å². The van der Waals surface area contributed by atoms with Gasteiger partial charge in [0.05, 0.1) is 6.54 Å². The fourth-order valence-corrected chi connectivity index (χ4v) is 1.91. The molecule has 0 aliphatic heterocycles. The number of hydrogen-bond acceptors (Lipinski definition) is 2. The average molecular weight is 320 g/mol. The molecule has 0 bridgehead atoms. The van der Waals surface area contributed by atoms with E-state index in [1.165, 1.54) is 30.3 Å². The Morgan fingerprint density at radius 1 is 1.18 bits per heavy atom. The molecule has 0 aromatic heterocycles. The average Bonchev–Trinajstić information content (AvgIpc) is 2.52. The van der Waals surface area contributed by atoms with Gasteiger partial charge in [-0.05, 0) is 42.0 Å². The number of nitrogens with one attached hydrogen (secondary N) is 1. The number of halogens is 2. The van der Waals surface area contributed by atoms with Crippen LogP contribution in [0.25, 0.3) is 6.08 Å². The fraction of sp³-hybridized carbons (Fsp3) is 0.118. The lowest BCUT2D eigenvalue weighted by atomic mass is 10.2. The highest BCUT2D eigenvalue weighted by Crippen LogP contribution is 2.16. The molecular formula is C17H15ClFNO2. The molecule has 2 aromatic carbocycles. The summed E-state index contributed by atoms with van der Waals surface area (Å²) in [7, 11) is 0. The summed E-state index contributed by atoms with van der Waals surface area (Å²) < 4.78 is 18.1. The van der Waals surface area contributed by atoms with Crippen LogP contribution in [0.1, 0.15) is 5.56 Å². The molecule has 114 valence electrons. The maximum Gasteiger partial charge on any atom is 0.244 e. The molecule has 3 nitrogen and oxygen atoms in total. The number of benzene rings is 2. The minimum Gasteiger partial charge on any atom is -0.492 e. The summed E-state index contributed by atoms with van der Waals surface area (Å²) in [5.74, 6) is 0.00949. The predicted octanol–water partition coefficient (Wildman–Crippen LogP) is 3.69. The first-order valence-corrected chi connectivity index (χ1v) is 7.12. The number of carbonyl (C=O) groups excluding carboxylic acids is 1. The lowest BCUT2D eigenvalue weighted by molar-refractivity contribution is -0.116. The molecule has 22 heavy (non-hydrogen) atoms. The van der Waals surface area contributed by atoms with Crippen LogP contribution in [0.4, 0.5) is 4.39 Å². The Bertz CT molecular complexity index is 656. The molecule has 1 amide bonds. The van der Waals surface area contributed by atoms with Crippen LogP contribution >= 0.6 is 11.6 Å². The summed E-state index contributed by atoms with van der Waals surface area (Å²) in [5, 5.41) is 3.28. The zero-order chi connectivity index (χ0) is 15.8. The summed E-state index contributed by atoms with van der Waals surface area (Å²) in [6.07, 6.45) is 3.07. The van der Waals surface area contributed by atoms with E-state index in [4.69, 9.17) is 16.3 Å². The molecule has 0 saturated carbocycles. The largest absolute Gasteiger partial charge is 0.492 e. The van der Waals surface area contributed by atoms with E-state index in [1.54, 1.807) is 12.1 Å². The van der Waals surface area contributed by atoms with Crippen LogP contribution in [0.5, 0.6) is 5.75 Å². The molecule has 0 aliphatic rings. The monoisotopic (exact) mass is 319 g/mol. The zero-order valence-electron chi connectivity index (χ0n) is 11.8. The van der Waals surface area contributed by atoms with Gasteiger partial charge in [0.1, 0.15) is 18.2 Å². The minimum absolute atomic E-state index is 0.234. The van der Waals surface area contributed by atoms with E-state index in [2.05, 4.69) is 5.32 Å². The van der Waals surface area contributed by atoms with Crippen molar-refractivity contribution < 1.29 is 13.9 Å². The van der Waals surface area contributed by atoms with Crippen LogP contribution < -0.4 is 10.1 Å². The first kappa shape index (κ1) is 16.0. The zero-order valence-corrected chi connectivity index (χ0v) is 12.5. The van der Waals surface area contributed by atoms with Crippen molar-refractivity contribution in [1.82, 2.24) is 5.32 Å². The van der Waals surface area contributed by atoms with Crippen molar-refractivity contribution >= 4 is 23.6 Å². The lowest BCUT2D eigenvalue weighted by Gasteiger charge is -2.06. The van der Waals surface area contributed by atoms with E-state index in [-0.39, 0.29) is 11.7 Å². The van der Waals surface area contributed by atoms with Gasteiger partial charge in [0.25, 0.3) is 0 Å². The predicted molar refractivity (Wildman–Crippen MR) is 85.4 cm³/mol. The Hall–Kier alpha value is -2.33. The smallest absolute Gasteiger partial charge is 0.244 e. The van der Waals surface area contributed by atoms with Gasteiger partial charge in [0.2, 0.25) is 5.91 Å². The molecule has 5 heteroatoms. The molecule has 0 atom stereocenters. The molecule has 0 fully saturated rings. The van der Waals surface area contributed by atoms with E-state index < -0.39 is 0 Å². The van der Waals surface area contributed by atoms with Crippen LogP contribution in [0.2, 0.25) is 5.02 Å². The molecule has 2 aromatic rings. The van der Waals surface area contributed by atoms with E-state index in [0.29, 0.717) is 23.9 Å². The standard InChI is InChI=1S/C17H15ClFNO2/c18-16-4-2-1-3-13(16)5-10-17(21)20-11-12-22-15-8-6-14(19)7-9-15/h1-10H,11-12H2,(H,20,21)/b10-5+. The van der Waals surface area contributed by atoms with Gasteiger partial charge in [0, 0.05) is 11.1 Å². The second-order valence-corrected chi connectivity index (χ2v) is 4.86. The Labute approximate surface area is 133 Å². The highest BCUT2D eigenvalue weighted by molar-refractivity contribution is 6.32. The van der Waals surface area contributed by atoms with Crippen molar-refractivity contribution in [2.75, 3.05) is 13.2 Å². The van der Waals surface area contributed by atoms with Crippen LogP contribution in [-0.4, -0.2) is 19.1 Å². The van der Waals surface area contributed by atoms with Crippen LogP contribution in [0, 0.1) is 5.82 Å². The van der Waals surface area contributed by atoms with Gasteiger partial charge in [0.15, 0.2) is 0 Å². The maximum absolute atomic E-state index is 12.7. The number of amides is 1. The Kier molecular flexibility index (Phi) is 5.98. The van der Waals surface area contributed by atoms with Crippen molar-refractivity contribution in [2.45, 2.75) is 0 Å². The van der Waals surface area contributed by atoms with Crippen molar-refractivity contribution in [3.63, 3.8) is 0 Å². The summed E-state index contributed by atoms with van der Waals surface area (Å²) >= 11 is 5.98. The van der Waals surface area contributed by atoms with Crippen molar-refractivity contribution in [2.24, 2.45) is 0 Å². The molecule has 0 saturated heterocycles. The SMILES string of the molecule is O=C(/C=C/c1ccccc1Cl)NCCOc1ccc(F)cc1. The van der Waals surface area contributed by atoms with Gasteiger partial charge in [-0.3, -0.25) is 4.79 Å². The molecule has 2 rings (SSSR count). The topological polar surface area (TPSA) is 38.3 Å². The lowest BCUT2D eigenvalue weighted by Crippen LogP contribution is -2.26. The van der Waals surface area contributed by atoms with E-state index in [9.17, 15) is 9.18 Å². The first-order chi connectivity index (χ1) is 10.6. The second-order valence-electron chi connectivity index (χ2n) is 4.45. The summed E-state index contributed by atoms with van der Waals surface area (Å²) in [6.45, 7) is 0.653. The number of ether oxygens (including phenoxy) is 1. The summed E-state index contributed by atoms with van der Waals surface area (Å²) in [6, 6.07) is 13.0. The Morgan fingerprint density at radius 3 is 2.64 bits per heavy atom. The number of rotatable bonds is 6. The minimum atomic E-state index is -0.314. The van der Waals surface area contributed by atoms with E-state index >= 15 is 0 Å². The molecule has 1 N–H and O–H groups in total. The van der Waals surface area contributed by atoms with E-state index in [0.717, 1.165) is 5.56 Å². The first-order valence-electron chi connectivity index (χ1n) is 6.74. The van der Waals surface area contributed by atoms with Gasteiger partial charge < -0.3 is 10.1 Å². The molecule has 0 spiro atoms. The van der Waals surface area contributed by atoms with Crippen LogP contribution in [0.3, 0.4) is 0 Å². The normalized spacial score (nSPS) is 10.6. The molecular weight excluding hydrogens is 305 g/mol. The number of carbonyl (C=O) groups is 1. The third kappa shape index (κ3) is 5.22. The number of hydrogen-bond donors (Lipinski definition) is 1. The third-order valence-electron chi connectivity index (χ3n) is 2.80. The van der Waals surface area contributed by atoms with Gasteiger partial charge in [-0.1, -0.05) is 29.8 Å². The molecule has 0 radical (unpaired) electrons. The second kappa shape index (κ2) is 8.20. The summed E-state index contributed by atoms with van der Waals surface area (Å²) in [5.41, 5.74) is 0.780. The van der Waals surface area contributed by atoms with Crippen LogP contribution in [-0.2, 0) is 4.79 Å². The van der Waals surface area contributed by atoms with Crippen LogP contribution in [0.15, 0.2) is 54.6 Å². The van der Waals surface area contributed by atoms with Crippen molar-refractivity contribution in [3.8, 4) is 5.75 Å². The van der Waals surface area contributed by atoms with Gasteiger partial charge in [-0.15, -0.1) is 0 Å². The van der Waals surface area contributed by atoms with Gasteiger partial charge >= 0.3 is 0 Å². The van der Waals surface area contributed by atoms with E-state index in [1.807, 2.05) is 18.2 Å².